The molecule has 234 valence electrons. The van der Waals surface area contributed by atoms with Crippen molar-refractivity contribution in [2.75, 3.05) is 0 Å². The van der Waals surface area contributed by atoms with Gasteiger partial charge in [0, 0.05) is 38.2 Å². The Morgan fingerprint density at radius 1 is 0.300 bits per heavy atom. The Bertz CT molecular complexity index is 2870. The average molecular weight is 642 g/mol. The number of hydrogen-bond donors (Lipinski definition) is 0. The molecule has 0 unspecified atom stereocenters. The second kappa shape index (κ2) is 11.4. The Hall–Kier alpha value is -6.85. The molecule has 0 atom stereocenters. The maximum atomic E-state index is 6.71. The van der Waals surface area contributed by atoms with Crippen LogP contribution in [0.25, 0.3) is 100 Å². The molecule has 0 saturated heterocycles. The predicted octanol–water partition coefficient (Wildman–Crippen LogP) is 12.0. The molecule has 0 saturated carbocycles. The van der Waals surface area contributed by atoms with Crippen molar-refractivity contribution in [2.45, 2.75) is 0 Å². The second-order valence-electron chi connectivity index (χ2n) is 12.4. The van der Waals surface area contributed by atoms with Crippen LogP contribution in [0.2, 0.25) is 0 Å². The summed E-state index contributed by atoms with van der Waals surface area (Å²) in [5, 5.41) is 4.23. The fourth-order valence-electron chi connectivity index (χ4n) is 6.93. The smallest absolute Gasteiger partial charge is 0.167 e. The third-order valence-electron chi connectivity index (χ3n) is 9.35. The average Bonchev–Trinajstić information content (AvgIpc) is 3.77. The van der Waals surface area contributed by atoms with E-state index in [0.717, 1.165) is 82.8 Å². The summed E-state index contributed by atoms with van der Waals surface area (Å²) in [4.78, 5) is 15.1. The van der Waals surface area contributed by atoms with Crippen molar-refractivity contribution < 1.29 is 8.83 Å². The van der Waals surface area contributed by atoms with Gasteiger partial charge in [0.15, 0.2) is 17.5 Å². The number of fused-ring (bicyclic) bond motifs is 6. The molecule has 0 bridgehead atoms. The summed E-state index contributed by atoms with van der Waals surface area (Å²) < 4.78 is 13.1. The number of rotatable bonds is 5. The van der Waals surface area contributed by atoms with Gasteiger partial charge in [0.05, 0.1) is 5.56 Å². The summed E-state index contributed by atoms with van der Waals surface area (Å²) >= 11 is 0. The quantitative estimate of drug-likeness (QED) is 0.187. The Morgan fingerprint density at radius 3 is 1.64 bits per heavy atom. The van der Waals surface area contributed by atoms with Crippen LogP contribution in [0.1, 0.15) is 0 Å². The number of furan rings is 2. The lowest BCUT2D eigenvalue weighted by Crippen LogP contribution is -2.00. The molecule has 7 aromatic carbocycles. The number of hydrogen-bond acceptors (Lipinski definition) is 5. The van der Waals surface area contributed by atoms with E-state index in [4.69, 9.17) is 23.8 Å². The molecule has 0 N–H and O–H groups in total. The highest BCUT2D eigenvalue weighted by Crippen LogP contribution is 2.40. The van der Waals surface area contributed by atoms with Crippen LogP contribution >= 0.6 is 0 Å². The number of aromatic nitrogens is 3. The first kappa shape index (κ1) is 28.2. The van der Waals surface area contributed by atoms with Crippen molar-refractivity contribution in [1.29, 1.82) is 0 Å². The van der Waals surface area contributed by atoms with Crippen LogP contribution in [0.15, 0.2) is 173 Å². The molecule has 0 aliphatic rings. The van der Waals surface area contributed by atoms with E-state index in [-0.39, 0.29) is 0 Å². The normalized spacial score (nSPS) is 11.6. The number of benzene rings is 7. The third kappa shape index (κ3) is 4.67. The molecular weight excluding hydrogens is 615 g/mol. The van der Waals surface area contributed by atoms with Crippen LogP contribution in [0.3, 0.4) is 0 Å². The standard InChI is InChI=1S/C45H27N3O2/c1-3-12-28(13-4-1)30-16-9-17-32(26-30)44-46-43(29-14-5-2-6-15-29)47-45(48-44)38-22-11-21-37-35-25-24-31(27-40(35)50-42(37)38)33-19-10-20-36-34-18-7-8-23-39(34)49-41(33)36/h1-27H. The molecule has 0 spiro atoms. The summed E-state index contributed by atoms with van der Waals surface area (Å²) in [6, 6.07) is 55.7. The monoisotopic (exact) mass is 641 g/mol. The Morgan fingerprint density at radius 2 is 0.840 bits per heavy atom. The van der Waals surface area contributed by atoms with Gasteiger partial charge in [-0.2, -0.15) is 0 Å². The summed E-state index contributed by atoms with van der Waals surface area (Å²) in [5.74, 6) is 1.75. The summed E-state index contributed by atoms with van der Waals surface area (Å²) in [5.41, 5.74) is 10.2. The zero-order valence-corrected chi connectivity index (χ0v) is 26.7. The molecule has 0 fully saturated rings. The van der Waals surface area contributed by atoms with Gasteiger partial charge in [-0.3, -0.25) is 0 Å². The van der Waals surface area contributed by atoms with E-state index in [0.29, 0.717) is 17.5 Å². The van der Waals surface area contributed by atoms with Crippen molar-refractivity contribution in [3.63, 3.8) is 0 Å². The first-order valence-corrected chi connectivity index (χ1v) is 16.6. The van der Waals surface area contributed by atoms with Crippen LogP contribution in [0.4, 0.5) is 0 Å². The van der Waals surface area contributed by atoms with Gasteiger partial charge in [0.2, 0.25) is 0 Å². The highest BCUT2D eigenvalue weighted by Gasteiger charge is 2.19. The van der Waals surface area contributed by atoms with Gasteiger partial charge < -0.3 is 8.83 Å². The first-order valence-electron chi connectivity index (χ1n) is 16.6. The van der Waals surface area contributed by atoms with Crippen molar-refractivity contribution in [1.82, 2.24) is 15.0 Å². The minimum absolute atomic E-state index is 0.552. The summed E-state index contributed by atoms with van der Waals surface area (Å²) in [7, 11) is 0. The Balaban J connectivity index is 1.14. The van der Waals surface area contributed by atoms with E-state index < -0.39 is 0 Å². The van der Waals surface area contributed by atoms with E-state index >= 15 is 0 Å². The molecule has 3 heterocycles. The number of nitrogens with zero attached hydrogens (tertiary/aromatic N) is 3. The first-order chi connectivity index (χ1) is 24.8. The highest BCUT2D eigenvalue weighted by atomic mass is 16.3. The van der Waals surface area contributed by atoms with Crippen molar-refractivity contribution in [2.24, 2.45) is 0 Å². The minimum Gasteiger partial charge on any atom is -0.455 e. The van der Waals surface area contributed by atoms with E-state index in [2.05, 4.69) is 72.8 Å². The summed E-state index contributed by atoms with van der Waals surface area (Å²) in [6.07, 6.45) is 0. The van der Waals surface area contributed by atoms with Crippen molar-refractivity contribution in [3.05, 3.63) is 164 Å². The van der Waals surface area contributed by atoms with Crippen LogP contribution in [0, 0.1) is 0 Å². The van der Waals surface area contributed by atoms with Gasteiger partial charge in [-0.05, 0) is 47.0 Å². The molecule has 3 aromatic heterocycles. The van der Waals surface area contributed by atoms with Gasteiger partial charge >= 0.3 is 0 Å². The molecule has 5 nitrogen and oxygen atoms in total. The maximum absolute atomic E-state index is 6.71. The largest absolute Gasteiger partial charge is 0.455 e. The molecule has 5 heteroatoms. The fraction of sp³-hybridized carbons (Fsp3) is 0. The lowest BCUT2D eigenvalue weighted by Gasteiger charge is -2.10. The lowest BCUT2D eigenvalue weighted by molar-refractivity contribution is 0.668. The topological polar surface area (TPSA) is 65.0 Å². The van der Waals surface area contributed by atoms with Crippen molar-refractivity contribution >= 4 is 43.9 Å². The lowest BCUT2D eigenvalue weighted by atomic mass is 10.0. The Kier molecular flexibility index (Phi) is 6.42. The van der Waals surface area contributed by atoms with Gasteiger partial charge in [0.25, 0.3) is 0 Å². The number of para-hydroxylation sites is 3. The van der Waals surface area contributed by atoms with Gasteiger partial charge in [0.1, 0.15) is 22.3 Å². The van der Waals surface area contributed by atoms with Crippen LogP contribution in [-0.2, 0) is 0 Å². The zero-order chi connectivity index (χ0) is 33.0. The van der Waals surface area contributed by atoms with Gasteiger partial charge in [-0.15, -0.1) is 0 Å². The highest BCUT2D eigenvalue weighted by molar-refractivity contribution is 6.12. The Labute approximate surface area is 287 Å². The van der Waals surface area contributed by atoms with Crippen LogP contribution in [0.5, 0.6) is 0 Å². The van der Waals surface area contributed by atoms with Gasteiger partial charge in [-0.25, -0.2) is 15.0 Å². The summed E-state index contributed by atoms with van der Waals surface area (Å²) in [6.45, 7) is 0. The molecule has 0 amide bonds. The van der Waals surface area contributed by atoms with E-state index in [1.165, 1.54) is 0 Å². The van der Waals surface area contributed by atoms with Crippen LogP contribution < -0.4 is 0 Å². The molecular formula is C45H27N3O2. The van der Waals surface area contributed by atoms with Crippen LogP contribution in [-0.4, -0.2) is 15.0 Å². The van der Waals surface area contributed by atoms with E-state index in [1.807, 2.05) is 91.0 Å². The van der Waals surface area contributed by atoms with E-state index in [9.17, 15) is 0 Å². The zero-order valence-electron chi connectivity index (χ0n) is 26.7. The second-order valence-corrected chi connectivity index (χ2v) is 12.4. The maximum Gasteiger partial charge on any atom is 0.167 e. The molecule has 0 radical (unpaired) electrons. The molecule has 50 heavy (non-hydrogen) atoms. The minimum atomic E-state index is 0.552. The molecule has 0 aliphatic carbocycles. The third-order valence-corrected chi connectivity index (χ3v) is 9.35. The molecule has 10 aromatic rings. The predicted molar refractivity (Wildman–Crippen MR) is 202 cm³/mol. The fourth-order valence-corrected chi connectivity index (χ4v) is 6.93. The van der Waals surface area contributed by atoms with Gasteiger partial charge in [-0.1, -0.05) is 133 Å². The molecule has 10 rings (SSSR count). The van der Waals surface area contributed by atoms with E-state index in [1.54, 1.807) is 0 Å². The van der Waals surface area contributed by atoms with Crippen molar-refractivity contribution in [3.8, 4) is 56.4 Å². The SMILES string of the molecule is c1ccc(-c2cccc(-c3nc(-c4ccccc4)nc(-c4cccc5c4oc4cc(-c6cccc7c6oc6ccccc67)ccc45)n3)c2)cc1. The molecule has 0 aliphatic heterocycles.